The fourth-order valence-corrected chi connectivity index (χ4v) is 2.25. The third-order valence-corrected chi connectivity index (χ3v) is 3.53. The molecule has 2 rings (SSSR count). The van der Waals surface area contributed by atoms with E-state index in [9.17, 15) is 18.0 Å². The van der Waals surface area contributed by atoms with Gasteiger partial charge in [-0.1, -0.05) is 48.2 Å². The first-order valence-electron chi connectivity index (χ1n) is 8.17. The second-order valence-electron chi connectivity index (χ2n) is 5.58. The van der Waals surface area contributed by atoms with Gasteiger partial charge in [0.2, 0.25) is 0 Å². The summed E-state index contributed by atoms with van der Waals surface area (Å²) < 4.78 is 37.8. The summed E-state index contributed by atoms with van der Waals surface area (Å²) >= 11 is 0. The van der Waals surface area contributed by atoms with Gasteiger partial charge in [0.1, 0.15) is 0 Å². The average molecular weight is 360 g/mol. The molecule has 2 amide bonds. The highest BCUT2D eigenvalue weighted by Crippen LogP contribution is 2.29. The van der Waals surface area contributed by atoms with Gasteiger partial charge >= 0.3 is 12.2 Å². The van der Waals surface area contributed by atoms with Crippen LogP contribution in [0.15, 0.2) is 54.6 Å². The number of nitrogens with one attached hydrogen (secondary N) is 2. The number of amides is 2. The first-order chi connectivity index (χ1) is 12.4. The number of hydrogen-bond acceptors (Lipinski definition) is 1. The first-order valence-corrected chi connectivity index (χ1v) is 8.17. The van der Waals surface area contributed by atoms with Crippen molar-refractivity contribution in [2.45, 2.75) is 19.0 Å². The maximum atomic E-state index is 12.6. The van der Waals surface area contributed by atoms with E-state index in [4.69, 9.17) is 0 Å². The van der Waals surface area contributed by atoms with Gasteiger partial charge in [-0.15, -0.1) is 0 Å². The summed E-state index contributed by atoms with van der Waals surface area (Å²) in [6, 6.07) is 14.4. The van der Waals surface area contributed by atoms with Crippen LogP contribution < -0.4 is 10.6 Å². The molecule has 0 aromatic heterocycles. The van der Waals surface area contributed by atoms with Crippen molar-refractivity contribution < 1.29 is 18.0 Å². The Morgan fingerprint density at radius 3 is 2.50 bits per heavy atom. The average Bonchev–Trinajstić information content (AvgIpc) is 2.63. The Morgan fingerprint density at radius 2 is 1.77 bits per heavy atom. The lowest BCUT2D eigenvalue weighted by molar-refractivity contribution is -0.137. The van der Waals surface area contributed by atoms with Crippen LogP contribution in [0.1, 0.15) is 23.1 Å². The van der Waals surface area contributed by atoms with Crippen LogP contribution in [-0.4, -0.2) is 19.1 Å². The van der Waals surface area contributed by atoms with E-state index in [0.29, 0.717) is 6.54 Å². The molecule has 136 valence electrons. The van der Waals surface area contributed by atoms with Crippen LogP contribution in [0.25, 0.3) is 0 Å². The Hall–Kier alpha value is -2.94. The van der Waals surface area contributed by atoms with Crippen molar-refractivity contribution in [1.29, 1.82) is 0 Å². The molecule has 0 radical (unpaired) electrons. The van der Waals surface area contributed by atoms with Crippen molar-refractivity contribution >= 4 is 6.03 Å². The highest BCUT2D eigenvalue weighted by molar-refractivity contribution is 5.74. The predicted molar refractivity (Wildman–Crippen MR) is 94.5 cm³/mol. The van der Waals surface area contributed by atoms with Gasteiger partial charge in [0, 0.05) is 12.1 Å². The number of carbonyl (C=O) groups is 1. The van der Waals surface area contributed by atoms with E-state index < -0.39 is 11.7 Å². The Balaban J connectivity index is 1.68. The molecular weight excluding hydrogens is 341 g/mol. The van der Waals surface area contributed by atoms with Crippen molar-refractivity contribution in [2.24, 2.45) is 0 Å². The number of alkyl halides is 3. The zero-order valence-corrected chi connectivity index (χ0v) is 14.1. The minimum absolute atomic E-state index is 0.0563. The Kier molecular flexibility index (Phi) is 7.10. The van der Waals surface area contributed by atoms with Crippen molar-refractivity contribution in [3.63, 3.8) is 0 Å². The molecule has 2 N–H and O–H groups in total. The lowest BCUT2D eigenvalue weighted by Gasteiger charge is -2.06. The molecule has 0 saturated carbocycles. The molecule has 0 atom stereocenters. The number of hydrogen-bond donors (Lipinski definition) is 2. The monoisotopic (exact) mass is 360 g/mol. The van der Waals surface area contributed by atoms with Crippen LogP contribution in [0, 0.1) is 11.8 Å². The summed E-state index contributed by atoms with van der Waals surface area (Å²) in [7, 11) is 0. The van der Waals surface area contributed by atoms with Gasteiger partial charge in [0.25, 0.3) is 0 Å². The van der Waals surface area contributed by atoms with E-state index in [1.54, 1.807) is 0 Å². The van der Waals surface area contributed by atoms with Crippen LogP contribution in [0.2, 0.25) is 0 Å². The van der Waals surface area contributed by atoms with Gasteiger partial charge < -0.3 is 10.6 Å². The summed E-state index contributed by atoms with van der Waals surface area (Å²) in [6.45, 7) is 0.586. The summed E-state index contributed by atoms with van der Waals surface area (Å²) in [5.41, 5.74) is 0.722. The highest BCUT2D eigenvalue weighted by Gasteiger charge is 2.30. The summed E-state index contributed by atoms with van der Waals surface area (Å²) in [5.74, 6) is 5.25. The molecule has 0 bridgehead atoms. The van der Waals surface area contributed by atoms with E-state index in [0.717, 1.165) is 25.0 Å². The summed E-state index contributed by atoms with van der Waals surface area (Å²) in [4.78, 5) is 11.6. The number of rotatable bonds is 5. The maximum Gasteiger partial charge on any atom is 0.416 e. The number of benzene rings is 2. The van der Waals surface area contributed by atoms with Gasteiger partial charge in [-0.3, -0.25) is 0 Å². The SMILES string of the molecule is O=C(NCC#Cc1cccc(C(F)(F)F)c1)NCCCc1ccccc1. The maximum absolute atomic E-state index is 12.6. The van der Waals surface area contributed by atoms with Gasteiger partial charge in [0.15, 0.2) is 0 Å². The third kappa shape index (κ3) is 6.89. The molecular formula is C20H19F3N2O. The number of urea groups is 1. The molecule has 0 aliphatic rings. The normalized spacial score (nSPS) is 10.6. The molecule has 0 unspecified atom stereocenters. The smallest absolute Gasteiger partial charge is 0.338 e. The Morgan fingerprint density at radius 1 is 1.00 bits per heavy atom. The number of carbonyl (C=O) groups excluding carboxylic acids is 1. The minimum atomic E-state index is -4.39. The zero-order chi connectivity index (χ0) is 18.8. The standard InChI is InChI=1S/C20H19F3N2O/c21-20(22,23)18-12-4-9-17(15-18)11-6-14-25-19(26)24-13-5-10-16-7-2-1-3-8-16/h1-4,7-9,12,15H,5,10,13-14H2,(H2,24,25,26). The molecule has 6 heteroatoms. The molecule has 0 fully saturated rings. The lowest BCUT2D eigenvalue weighted by Crippen LogP contribution is -2.36. The molecule has 0 heterocycles. The molecule has 0 aliphatic heterocycles. The molecule has 0 saturated heterocycles. The zero-order valence-electron chi connectivity index (χ0n) is 14.1. The van der Waals surface area contributed by atoms with Crippen LogP contribution in [0.4, 0.5) is 18.0 Å². The van der Waals surface area contributed by atoms with Crippen LogP contribution in [0.3, 0.4) is 0 Å². The van der Waals surface area contributed by atoms with E-state index >= 15 is 0 Å². The van der Waals surface area contributed by atoms with Crippen molar-refractivity contribution in [2.75, 3.05) is 13.1 Å². The fourth-order valence-electron chi connectivity index (χ4n) is 2.25. The van der Waals surface area contributed by atoms with Gasteiger partial charge in [-0.2, -0.15) is 13.2 Å². The summed E-state index contributed by atoms with van der Waals surface area (Å²) in [6.07, 6.45) is -2.71. The fraction of sp³-hybridized carbons (Fsp3) is 0.250. The van der Waals surface area contributed by atoms with Gasteiger partial charge in [0.05, 0.1) is 12.1 Å². The predicted octanol–water partition coefficient (Wildman–Crippen LogP) is 3.99. The Labute approximate surface area is 150 Å². The van der Waals surface area contributed by atoms with E-state index in [1.165, 1.54) is 17.7 Å². The van der Waals surface area contributed by atoms with Gasteiger partial charge in [-0.25, -0.2) is 4.79 Å². The number of halogens is 3. The molecule has 3 nitrogen and oxygen atoms in total. The number of aryl methyl sites for hydroxylation is 1. The van der Waals surface area contributed by atoms with E-state index in [-0.39, 0.29) is 18.1 Å². The lowest BCUT2D eigenvalue weighted by atomic mass is 10.1. The van der Waals surface area contributed by atoms with E-state index in [1.807, 2.05) is 30.3 Å². The van der Waals surface area contributed by atoms with Crippen molar-refractivity contribution in [1.82, 2.24) is 10.6 Å². The third-order valence-electron chi connectivity index (χ3n) is 3.53. The summed E-state index contributed by atoms with van der Waals surface area (Å²) in [5, 5.41) is 5.26. The molecule has 2 aromatic carbocycles. The minimum Gasteiger partial charge on any atom is -0.338 e. The second kappa shape index (κ2) is 9.52. The first kappa shape index (κ1) is 19.4. The van der Waals surface area contributed by atoms with Crippen molar-refractivity contribution in [3.05, 3.63) is 71.3 Å². The van der Waals surface area contributed by atoms with Crippen molar-refractivity contribution in [3.8, 4) is 11.8 Å². The molecule has 2 aromatic rings. The largest absolute Gasteiger partial charge is 0.416 e. The topological polar surface area (TPSA) is 41.1 Å². The van der Waals surface area contributed by atoms with Gasteiger partial charge in [-0.05, 0) is 36.6 Å². The molecule has 26 heavy (non-hydrogen) atoms. The molecule has 0 spiro atoms. The Bertz CT molecular complexity index is 777. The van der Waals surface area contributed by atoms with E-state index in [2.05, 4.69) is 22.5 Å². The van der Waals surface area contributed by atoms with Crippen LogP contribution in [-0.2, 0) is 12.6 Å². The highest BCUT2D eigenvalue weighted by atomic mass is 19.4. The molecule has 0 aliphatic carbocycles. The van der Waals surface area contributed by atoms with Crippen LogP contribution in [0.5, 0.6) is 0 Å². The second-order valence-corrected chi connectivity index (χ2v) is 5.58. The van der Waals surface area contributed by atoms with Crippen LogP contribution >= 0.6 is 0 Å². The quantitative estimate of drug-likeness (QED) is 0.614.